The van der Waals surface area contributed by atoms with Gasteiger partial charge in [0.05, 0.1) is 0 Å². The largest absolute Gasteiger partial charge is 0.445 e. The Labute approximate surface area is 147 Å². The van der Waals surface area contributed by atoms with Crippen LogP contribution in [0.15, 0.2) is 54.6 Å². The maximum atomic E-state index is 13.4. The fourth-order valence-electron chi connectivity index (χ4n) is 3.24. The third-order valence-corrected chi connectivity index (χ3v) is 4.74. The quantitative estimate of drug-likeness (QED) is 0.917. The number of rotatable bonds is 4. The molecule has 4 nitrogen and oxygen atoms in total. The zero-order valence-corrected chi connectivity index (χ0v) is 14.1. The number of hydrogen-bond donors (Lipinski definition) is 1. The molecule has 0 unspecified atom stereocenters. The maximum Gasteiger partial charge on any atom is 0.410 e. The summed E-state index contributed by atoms with van der Waals surface area (Å²) in [5.74, 6) is -0.0325. The van der Waals surface area contributed by atoms with E-state index in [0.717, 1.165) is 24.0 Å². The predicted molar refractivity (Wildman–Crippen MR) is 94.3 cm³/mol. The van der Waals surface area contributed by atoms with Gasteiger partial charge in [0, 0.05) is 19.1 Å². The van der Waals surface area contributed by atoms with Gasteiger partial charge in [-0.25, -0.2) is 9.18 Å². The molecule has 132 valence electrons. The Morgan fingerprint density at radius 1 is 1.16 bits per heavy atom. The van der Waals surface area contributed by atoms with Crippen molar-refractivity contribution in [2.45, 2.75) is 25.5 Å². The Kier molecular flexibility index (Phi) is 5.66. The van der Waals surface area contributed by atoms with Crippen LogP contribution in [0.1, 0.15) is 30.0 Å². The summed E-state index contributed by atoms with van der Waals surface area (Å²) < 4.78 is 18.7. The number of nitrogens with zero attached hydrogens (tertiary/aromatic N) is 1. The molecule has 1 aliphatic heterocycles. The van der Waals surface area contributed by atoms with E-state index < -0.39 is 0 Å². The van der Waals surface area contributed by atoms with Crippen molar-refractivity contribution in [2.75, 3.05) is 13.1 Å². The van der Waals surface area contributed by atoms with Crippen LogP contribution in [0.3, 0.4) is 0 Å². The van der Waals surface area contributed by atoms with Crippen molar-refractivity contribution in [2.24, 2.45) is 11.7 Å². The number of amides is 1. The molecule has 5 heteroatoms. The number of carbonyl (C=O) groups excluding carboxylic acids is 1. The smallest absolute Gasteiger partial charge is 0.410 e. The molecule has 1 saturated heterocycles. The molecule has 0 saturated carbocycles. The summed E-state index contributed by atoms with van der Waals surface area (Å²) in [6.07, 6.45) is 1.29. The van der Waals surface area contributed by atoms with E-state index in [2.05, 4.69) is 0 Å². The molecule has 0 aliphatic carbocycles. The minimum Gasteiger partial charge on any atom is -0.445 e. The number of carbonyl (C=O) groups is 1. The molecule has 0 radical (unpaired) electrons. The van der Waals surface area contributed by atoms with Crippen LogP contribution in [0.2, 0.25) is 0 Å². The first-order chi connectivity index (χ1) is 12.1. The third kappa shape index (κ3) is 4.57. The van der Waals surface area contributed by atoms with E-state index in [0.29, 0.717) is 13.1 Å². The van der Waals surface area contributed by atoms with E-state index in [9.17, 15) is 9.18 Å². The SMILES string of the molecule is N[C@H](c1cccc(F)c1)C1CCN(C(=O)OCc2ccccc2)CC1. The number of piperidine rings is 1. The fraction of sp³-hybridized carbons (Fsp3) is 0.350. The van der Waals surface area contributed by atoms with Crippen LogP contribution in [0.25, 0.3) is 0 Å². The average molecular weight is 342 g/mol. The molecule has 1 amide bonds. The highest BCUT2D eigenvalue weighted by molar-refractivity contribution is 5.67. The minimum absolute atomic E-state index is 0.210. The number of ether oxygens (including phenoxy) is 1. The van der Waals surface area contributed by atoms with Crippen LogP contribution in [0, 0.1) is 11.7 Å². The van der Waals surface area contributed by atoms with E-state index in [4.69, 9.17) is 10.5 Å². The number of nitrogens with two attached hydrogens (primary N) is 1. The van der Waals surface area contributed by atoms with E-state index in [1.54, 1.807) is 11.0 Å². The second kappa shape index (κ2) is 8.12. The minimum atomic E-state index is -0.290. The number of halogens is 1. The van der Waals surface area contributed by atoms with Gasteiger partial charge in [-0.2, -0.15) is 0 Å². The van der Waals surface area contributed by atoms with Crippen molar-refractivity contribution in [3.8, 4) is 0 Å². The monoisotopic (exact) mass is 342 g/mol. The Balaban J connectivity index is 1.48. The zero-order chi connectivity index (χ0) is 17.6. The Bertz CT molecular complexity index is 700. The number of benzene rings is 2. The molecule has 1 atom stereocenters. The second-order valence-electron chi connectivity index (χ2n) is 6.45. The van der Waals surface area contributed by atoms with Crippen LogP contribution in [0.5, 0.6) is 0 Å². The van der Waals surface area contributed by atoms with Gasteiger partial charge in [-0.05, 0) is 42.0 Å². The molecule has 2 N–H and O–H groups in total. The first-order valence-corrected chi connectivity index (χ1v) is 8.60. The van der Waals surface area contributed by atoms with Gasteiger partial charge < -0.3 is 15.4 Å². The summed E-state index contributed by atoms with van der Waals surface area (Å²) >= 11 is 0. The van der Waals surface area contributed by atoms with Crippen LogP contribution in [0.4, 0.5) is 9.18 Å². The first-order valence-electron chi connectivity index (χ1n) is 8.60. The van der Waals surface area contributed by atoms with Crippen LogP contribution < -0.4 is 5.73 Å². The lowest BCUT2D eigenvalue weighted by Gasteiger charge is -2.34. The highest BCUT2D eigenvalue weighted by atomic mass is 19.1. The molecular formula is C20H23FN2O2. The van der Waals surface area contributed by atoms with Crippen molar-refractivity contribution in [3.63, 3.8) is 0 Å². The first kappa shape index (κ1) is 17.4. The maximum absolute atomic E-state index is 13.4. The molecule has 1 heterocycles. The Morgan fingerprint density at radius 2 is 1.88 bits per heavy atom. The van der Waals surface area contributed by atoms with Crippen molar-refractivity contribution in [3.05, 3.63) is 71.5 Å². The summed E-state index contributed by atoms with van der Waals surface area (Å²) in [6.45, 7) is 1.50. The summed E-state index contributed by atoms with van der Waals surface area (Å²) in [6, 6.07) is 15.9. The van der Waals surface area contributed by atoms with Crippen LogP contribution in [-0.2, 0) is 11.3 Å². The summed E-state index contributed by atoms with van der Waals surface area (Å²) in [5, 5.41) is 0. The molecule has 2 aromatic carbocycles. The van der Waals surface area contributed by atoms with Gasteiger partial charge in [-0.1, -0.05) is 42.5 Å². The Hall–Kier alpha value is -2.40. The van der Waals surface area contributed by atoms with E-state index in [1.807, 2.05) is 36.4 Å². The van der Waals surface area contributed by atoms with Crippen LogP contribution in [-0.4, -0.2) is 24.1 Å². The van der Waals surface area contributed by atoms with Gasteiger partial charge in [0.15, 0.2) is 0 Å². The fourth-order valence-corrected chi connectivity index (χ4v) is 3.24. The molecule has 2 aromatic rings. The van der Waals surface area contributed by atoms with Gasteiger partial charge in [0.25, 0.3) is 0 Å². The molecule has 0 spiro atoms. The topological polar surface area (TPSA) is 55.6 Å². The predicted octanol–water partition coefficient (Wildman–Crippen LogP) is 3.87. The zero-order valence-electron chi connectivity index (χ0n) is 14.1. The highest BCUT2D eigenvalue weighted by Crippen LogP contribution is 2.29. The lowest BCUT2D eigenvalue weighted by Crippen LogP contribution is -2.41. The summed E-state index contributed by atoms with van der Waals surface area (Å²) in [7, 11) is 0. The van der Waals surface area contributed by atoms with Gasteiger partial charge in [-0.3, -0.25) is 0 Å². The summed E-state index contributed by atoms with van der Waals surface area (Å²) in [5.41, 5.74) is 8.07. The molecule has 3 rings (SSSR count). The normalized spacial score (nSPS) is 16.5. The Morgan fingerprint density at radius 3 is 2.56 bits per heavy atom. The average Bonchev–Trinajstić information content (AvgIpc) is 2.66. The van der Waals surface area contributed by atoms with Gasteiger partial charge >= 0.3 is 6.09 Å². The molecule has 1 fully saturated rings. The van der Waals surface area contributed by atoms with Gasteiger partial charge in [0.2, 0.25) is 0 Å². The van der Waals surface area contributed by atoms with Gasteiger partial charge in [-0.15, -0.1) is 0 Å². The molecule has 1 aliphatic rings. The van der Waals surface area contributed by atoms with Crippen molar-refractivity contribution >= 4 is 6.09 Å². The van der Waals surface area contributed by atoms with Crippen molar-refractivity contribution < 1.29 is 13.9 Å². The third-order valence-electron chi connectivity index (χ3n) is 4.74. The molecule has 0 aromatic heterocycles. The van der Waals surface area contributed by atoms with E-state index in [1.165, 1.54) is 12.1 Å². The molecular weight excluding hydrogens is 319 g/mol. The lowest BCUT2D eigenvalue weighted by atomic mass is 9.86. The number of hydrogen-bond acceptors (Lipinski definition) is 3. The standard InChI is InChI=1S/C20H23FN2O2/c21-18-8-4-7-17(13-18)19(22)16-9-11-23(12-10-16)20(24)25-14-15-5-2-1-3-6-15/h1-8,13,16,19H,9-12,14,22H2/t19-/m0/s1. The van der Waals surface area contributed by atoms with Gasteiger partial charge in [0.1, 0.15) is 12.4 Å². The molecule has 25 heavy (non-hydrogen) atoms. The van der Waals surface area contributed by atoms with E-state index >= 15 is 0 Å². The lowest BCUT2D eigenvalue weighted by molar-refractivity contribution is 0.0797. The van der Waals surface area contributed by atoms with Crippen molar-refractivity contribution in [1.29, 1.82) is 0 Å². The van der Waals surface area contributed by atoms with E-state index in [-0.39, 0.29) is 30.5 Å². The number of likely N-dealkylation sites (tertiary alicyclic amines) is 1. The highest BCUT2D eigenvalue weighted by Gasteiger charge is 2.28. The van der Waals surface area contributed by atoms with Crippen LogP contribution >= 0.6 is 0 Å². The second-order valence-corrected chi connectivity index (χ2v) is 6.45. The molecule has 0 bridgehead atoms. The summed E-state index contributed by atoms with van der Waals surface area (Å²) in [4.78, 5) is 13.9. The van der Waals surface area contributed by atoms with Crippen molar-refractivity contribution in [1.82, 2.24) is 4.90 Å².